The Morgan fingerprint density at radius 2 is 1.79 bits per heavy atom. The topological polar surface area (TPSA) is 4.93 Å². The van der Waals surface area contributed by atoms with Crippen molar-refractivity contribution in [1.82, 2.24) is 4.57 Å². The van der Waals surface area contributed by atoms with Crippen molar-refractivity contribution >= 4 is 10.9 Å². The molecule has 0 saturated heterocycles. The zero-order valence-electron chi connectivity index (χ0n) is 10.5. The van der Waals surface area contributed by atoms with Crippen LogP contribution >= 0.6 is 0 Å². The molecule has 1 heterocycles. The molecule has 1 nitrogen and oxygen atoms in total. The first-order valence-electron chi connectivity index (χ1n) is 6.13. The number of benzene rings is 2. The van der Waals surface area contributed by atoms with E-state index in [1.807, 2.05) is 23.8 Å². The fourth-order valence-electron chi connectivity index (χ4n) is 2.27. The minimum atomic E-state index is -0.808. The van der Waals surface area contributed by atoms with Crippen molar-refractivity contribution < 1.29 is 8.78 Å². The smallest absolute Gasteiger partial charge is 0.159 e. The van der Waals surface area contributed by atoms with Crippen LogP contribution < -0.4 is 0 Å². The molecule has 3 rings (SSSR count). The van der Waals surface area contributed by atoms with Gasteiger partial charge in [-0.1, -0.05) is 18.2 Å². The van der Waals surface area contributed by atoms with Crippen molar-refractivity contribution in [2.45, 2.75) is 13.5 Å². The summed E-state index contributed by atoms with van der Waals surface area (Å²) in [5, 5.41) is 1.15. The van der Waals surface area contributed by atoms with E-state index in [0.717, 1.165) is 16.5 Å². The number of hydrogen-bond donors (Lipinski definition) is 0. The Bertz CT molecular complexity index is 744. The lowest BCUT2D eigenvalue weighted by Crippen LogP contribution is -1.99. The maximum atomic E-state index is 13.2. The fraction of sp³-hybridized carbons (Fsp3) is 0.125. The number of rotatable bonds is 2. The Balaban J connectivity index is 2.00. The zero-order valence-corrected chi connectivity index (χ0v) is 10.5. The molecule has 0 fully saturated rings. The van der Waals surface area contributed by atoms with E-state index in [4.69, 9.17) is 0 Å². The summed E-state index contributed by atoms with van der Waals surface area (Å²) in [5.74, 6) is -1.61. The molecule has 2 aromatic carbocycles. The molecule has 0 unspecified atom stereocenters. The molecule has 0 N–H and O–H groups in total. The number of aromatic nitrogens is 1. The third-order valence-electron chi connectivity index (χ3n) is 3.27. The van der Waals surface area contributed by atoms with Gasteiger partial charge in [0.2, 0.25) is 0 Å². The van der Waals surface area contributed by atoms with Gasteiger partial charge in [-0.3, -0.25) is 0 Å². The van der Waals surface area contributed by atoms with E-state index in [1.165, 1.54) is 17.7 Å². The average molecular weight is 257 g/mol. The van der Waals surface area contributed by atoms with Gasteiger partial charge in [0.05, 0.1) is 0 Å². The van der Waals surface area contributed by atoms with Crippen LogP contribution in [0.25, 0.3) is 10.9 Å². The average Bonchev–Trinajstić information content (AvgIpc) is 2.77. The van der Waals surface area contributed by atoms with E-state index < -0.39 is 11.6 Å². The summed E-state index contributed by atoms with van der Waals surface area (Å²) in [6.45, 7) is 2.57. The first-order chi connectivity index (χ1) is 9.13. The van der Waals surface area contributed by atoms with Crippen molar-refractivity contribution in [2.24, 2.45) is 0 Å². The highest BCUT2D eigenvalue weighted by atomic mass is 19.2. The molecule has 96 valence electrons. The monoisotopic (exact) mass is 257 g/mol. The summed E-state index contributed by atoms with van der Waals surface area (Å²) >= 11 is 0. The summed E-state index contributed by atoms with van der Waals surface area (Å²) in [6.07, 6.45) is 1.96. The Morgan fingerprint density at radius 1 is 0.947 bits per heavy atom. The number of hydrogen-bond acceptors (Lipinski definition) is 0. The first kappa shape index (κ1) is 11.9. The van der Waals surface area contributed by atoms with Crippen LogP contribution in [0.3, 0.4) is 0 Å². The fourth-order valence-corrected chi connectivity index (χ4v) is 2.27. The molecule has 0 radical (unpaired) electrons. The van der Waals surface area contributed by atoms with Crippen LogP contribution in [-0.4, -0.2) is 4.57 Å². The van der Waals surface area contributed by atoms with Crippen molar-refractivity contribution in [3.63, 3.8) is 0 Å². The van der Waals surface area contributed by atoms with Crippen LogP contribution in [0.1, 0.15) is 11.1 Å². The minimum absolute atomic E-state index is 0.532. The van der Waals surface area contributed by atoms with Gasteiger partial charge >= 0.3 is 0 Å². The predicted molar refractivity (Wildman–Crippen MR) is 72.1 cm³/mol. The lowest BCUT2D eigenvalue weighted by atomic mass is 10.2. The SMILES string of the molecule is Cc1ccc2ccn(Cc3ccc(F)c(F)c3)c2c1. The summed E-state index contributed by atoms with van der Waals surface area (Å²) < 4.78 is 28.1. The molecular formula is C16H13F2N. The number of fused-ring (bicyclic) bond motifs is 1. The van der Waals surface area contributed by atoms with Gasteiger partial charge in [-0.05, 0) is 47.7 Å². The molecule has 0 aliphatic rings. The quantitative estimate of drug-likeness (QED) is 0.646. The molecule has 0 bridgehead atoms. The van der Waals surface area contributed by atoms with Crippen LogP contribution in [-0.2, 0) is 6.54 Å². The normalized spacial score (nSPS) is 11.1. The van der Waals surface area contributed by atoms with Gasteiger partial charge in [-0.2, -0.15) is 0 Å². The van der Waals surface area contributed by atoms with Gasteiger partial charge in [0.15, 0.2) is 11.6 Å². The zero-order chi connectivity index (χ0) is 13.4. The molecule has 3 aromatic rings. The molecule has 1 aromatic heterocycles. The van der Waals surface area contributed by atoms with Gasteiger partial charge < -0.3 is 4.57 Å². The van der Waals surface area contributed by atoms with E-state index in [9.17, 15) is 8.78 Å². The van der Waals surface area contributed by atoms with Gasteiger partial charge in [0, 0.05) is 18.3 Å². The maximum absolute atomic E-state index is 13.2. The highest BCUT2D eigenvalue weighted by molar-refractivity contribution is 5.80. The summed E-state index contributed by atoms with van der Waals surface area (Å²) in [7, 11) is 0. The van der Waals surface area contributed by atoms with E-state index in [0.29, 0.717) is 6.54 Å². The van der Waals surface area contributed by atoms with Gasteiger partial charge in [-0.25, -0.2) is 8.78 Å². The second-order valence-corrected chi connectivity index (χ2v) is 4.75. The molecule has 0 saturated carbocycles. The number of nitrogens with zero attached hydrogens (tertiary/aromatic N) is 1. The molecule has 0 amide bonds. The van der Waals surface area contributed by atoms with Crippen molar-refractivity contribution in [1.29, 1.82) is 0 Å². The molecule has 0 aliphatic carbocycles. The van der Waals surface area contributed by atoms with E-state index >= 15 is 0 Å². The van der Waals surface area contributed by atoms with Crippen molar-refractivity contribution in [2.75, 3.05) is 0 Å². The van der Waals surface area contributed by atoms with Crippen LogP contribution in [0.4, 0.5) is 8.78 Å². The van der Waals surface area contributed by atoms with E-state index in [2.05, 4.69) is 18.2 Å². The highest BCUT2D eigenvalue weighted by Gasteiger charge is 2.05. The Kier molecular flexibility index (Phi) is 2.82. The van der Waals surface area contributed by atoms with E-state index in [1.54, 1.807) is 6.07 Å². The largest absolute Gasteiger partial charge is 0.343 e. The number of aryl methyl sites for hydroxylation is 1. The van der Waals surface area contributed by atoms with Gasteiger partial charge in [0.25, 0.3) is 0 Å². The third-order valence-corrected chi connectivity index (χ3v) is 3.27. The van der Waals surface area contributed by atoms with Crippen LogP contribution in [0.15, 0.2) is 48.7 Å². The standard InChI is InChI=1S/C16H13F2N/c1-11-2-4-13-6-7-19(16(13)8-11)10-12-3-5-14(17)15(18)9-12/h2-9H,10H2,1H3. The molecule has 0 aliphatic heterocycles. The molecule has 19 heavy (non-hydrogen) atoms. The maximum Gasteiger partial charge on any atom is 0.159 e. The predicted octanol–water partition coefficient (Wildman–Crippen LogP) is 4.28. The van der Waals surface area contributed by atoms with Crippen molar-refractivity contribution in [3.8, 4) is 0 Å². The summed E-state index contributed by atoms with van der Waals surface area (Å²) in [5.41, 5.74) is 3.03. The Morgan fingerprint density at radius 3 is 2.58 bits per heavy atom. The van der Waals surface area contributed by atoms with Gasteiger partial charge in [0.1, 0.15) is 0 Å². The Hall–Kier alpha value is -2.16. The second-order valence-electron chi connectivity index (χ2n) is 4.75. The summed E-state index contributed by atoms with van der Waals surface area (Å²) in [4.78, 5) is 0. The van der Waals surface area contributed by atoms with Crippen LogP contribution in [0.2, 0.25) is 0 Å². The Labute approximate surface area is 110 Å². The van der Waals surface area contributed by atoms with Gasteiger partial charge in [-0.15, -0.1) is 0 Å². The molecule has 0 spiro atoms. The summed E-state index contributed by atoms with van der Waals surface area (Å²) in [6, 6.07) is 12.3. The highest BCUT2D eigenvalue weighted by Crippen LogP contribution is 2.19. The first-order valence-corrected chi connectivity index (χ1v) is 6.13. The lowest BCUT2D eigenvalue weighted by molar-refractivity contribution is 0.506. The minimum Gasteiger partial charge on any atom is -0.343 e. The van der Waals surface area contributed by atoms with Crippen LogP contribution in [0.5, 0.6) is 0 Å². The third kappa shape index (κ3) is 2.24. The molecule has 0 atom stereocenters. The number of halogens is 2. The molecular weight excluding hydrogens is 244 g/mol. The van der Waals surface area contributed by atoms with E-state index in [-0.39, 0.29) is 0 Å². The second kappa shape index (κ2) is 4.50. The van der Waals surface area contributed by atoms with Crippen LogP contribution in [0, 0.1) is 18.6 Å². The molecule has 3 heteroatoms. The lowest BCUT2D eigenvalue weighted by Gasteiger charge is -2.07. The van der Waals surface area contributed by atoms with Crippen molar-refractivity contribution in [3.05, 3.63) is 71.4 Å².